The molecule has 2 aromatic rings. The number of hydrogen-bond acceptors (Lipinski definition) is 5. The Labute approximate surface area is 181 Å². The third kappa shape index (κ3) is 6.19. The van der Waals surface area contributed by atoms with E-state index in [0.717, 1.165) is 5.69 Å². The lowest BCUT2D eigenvalue weighted by molar-refractivity contribution is -0.124. The molecule has 0 spiro atoms. The van der Waals surface area contributed by atoms with Crippen LogP contribution in [0, 0.1) is 5.92 Å². The third-order valence-electron chi connectivity index (χ3n) is 4.26. The van der Waals surface area contributed by atoms with Crippen molar-refractivity contribution in [3.63, 3.8) is 0 Å². The number of hydrogen-bond donors (Lipinski definition) is 3. The number of hydrazine groups is 1. The Bertz CT molecular complexity index is 1020. The maximum absolute atomic E-state index is 12.6. The Morgan fingerprint density at radius 1 is 1.00 bits per heavy atom. The summed E-state index contributed by atoms with van der Waals surface area (Å²) in [4.78, 5) is 26.7. The lowest BCUT2D eigenvalue weighted by Gasteiger charge is -2.22. The van der Waals surface area contributed by atoms with Crippen LogP contribution in [-0.4, -0.2) is 40.4 Å². The van der Waals surface area contributed by atoms with Gasteiger partial charge < -0.3 is 4.90 Å². The number of rotatable bonds is 7. The van der Waals surface area contributed by atoms with Gasteiger partial charge in [0.2, 0.25) is 10.0 Å². The lowest BCUT2D eigenvalue weighted by atomic mass is 10.1. The molecule has 0 radical (unpaired) electrons. The minimum absolute atomic E-state index is 0.0574. The second-order valence-electron chi connectivity index (χ2n) is 7.19. The average molecular weight is 453 g/mol. The topological polar surface area (TPSA) is 108 Å². The number of anilines is 1. The molecule has 0 fully saturated rings. The van der Waals surface area contributed by atoms with Gasteiger partial charge in [0.15, 0.2) is 0 Å². The van der Waals surface area contributed by atoms with E-state index in [2.05, 4.69) is 15.6 Å². The summed E-state index contributed by atoms with van der Waals surface area (Å²) < 4.78 is 27.6. The van der Waals surface area contributed by atoms with Gasteiger partial charge in [-0.3, -0.25) is 20.4 Å². The van der Waals surface area contributed by atoms with Gasteiger partial charge in [0, 0.05) is 30.4 Å². The molecule has 0 heterocycles. The fourth-order valence-corrected chi connectivity index (χ4v) is 4.20. The van der Waals surface area contributed by atoms with Gasteiger partial charge in [-0.1, -0.05) is 37.6 Å². The highest BCUT2D eigenvalue weighted by atomic mass is 35.5. The van der Waals surface area contributed by atoms with Gasteiger partial charge in [-0.05, 0) is 42.3 Å². The van der Waals surface area contributed by atoms with Crippen LogP contribution in [0.2, 0.25) is 5.02 Å². The smallest absolute Gasteiger partial charge is 0.269 e. The predicted molar refractivity (Wildman–Crippen MR) is 117 cm³/mol. The molecule has 0 saturated carbocycles. The molecule has 0 aliphatic heterocycles. The molecule has 0 bridgehead atoms. The van der Waals surface area contributed by atoms with Crippen molar-refractivity contribution in [1.29, 1.82) is 0 Å². The first kappa shape index (κ1) is 23.7. The van der Waals surface area contributed by atoms with E-state index in [-0.39, 0.29) is 15.8 Å². The number of carbonyl (C=O) groups is 2. The summed E-state index contributed by atoms with van der Waals surface area (Å²) in [5.74, 6) is -1.59. The number of halogens is 1. The number of sulfonamides is 1. The summed E-state index contributed by atoms with van der Waals surface area (Å²) >= 11 is 5.86. The van der Waals surface area contributed by atoms with Crippen molar-refractivity contribution in [2.24, 2.45) is 5.92 Å². The molecule has 0 saturated heterocycles. The second-order valence-corrected chi connectivity index (χ2v) is 9.34. The lowest BCUT2D eigenvalue weighted by Crippen LogP contribution is -2.54. The first-order valence-corrected chi connectivity index (χ1v) is 11.0. The van der Waals surface area contributed by atoms with Gasteiger partial charge in [-0.2, -0.15) is 4.72 Å². The van der Waals surface area contributed by atoms with Crippen molar-refractivity contribution in [2.75, 3.05) is 19.0 Å². The molecule has 0 aliphatic rings. The van der Waals surface area contributed by atoms with Crippen LogP contribution in [0.5, 0.6) is 0 Å². The molecule has 1 unspecified atom stereocenters. The van der Waals surface area contributed by atoms with Crippen LogP contribution >= 0.6 is 11.6 Å². The maximum Gasteiger partial charge on any atom is 0.269 e. The fourth-order valence-electron chi connectivity index (χ4n) is 2.56. The highest BCUT2D eigenvalue weighted by molar-refractivity contribution is 7.89. The Balaban J connectivity index is 2.09. The minimum atomic E-state index is -3.99. The van der Waals surface area contributed by atoms with E-state index in [1.165, 1.54) is 18.2 Å². The number of amides is 2. The van der Waals surface area contributed by atoms with Gasteiger partial charge in [0.25, 0.3) is 11.8 Å². The molecule has 8 nitrogen and oxygen atoms in total. The van der Waals surface area contributed by atoms with Crippen LogP contribution in [0.25, 0.3) is 0 Å². The highest BCUT2D eigenvalue weighted by Gasteiger charge is 2.29. The first-order valence-electron chi connectivity index (χ1n) is 9.16. The van der Waals surface area contributed by atoms with Crippen molar-refractivity contribution in [3.05, 3.63) is 59.1 Å². The molecule has 2 rings (SSSR count). The zero-order valence-corrected chi connectivity index (χ0v) is 18.7. The Hall–Kier alpha value is -2.62. The van der Waals surface area contributed by atoms with Crippen molar-refractivity contribution in [1.82, 2.24) is 15.6 Å². The predicted octanol–water partition coefficient (Wildman–Crippen LogP) is 2.17. The summed E-state index contributed by atoms with van der Waals surface area (Å²) in [5.41, 5.74) is 5.79. The molecule has 1 atom stereocenters. The zero-order chi connectivity index (χ0) is 22.5. The summed E-state index contributed by atoms with van der Waals surface area (Å²) in [6.07, 6.45) is 0. The molecule has 2 amide bonds. The molecule has 3 N–H and O–H groups in total. The molecular formula is C20H25ClN4O4S. The van der Waals surface area contributed by atoms with E-state index < -0.39 is 27.9 Å². The third-order valence-corrected chi connectivity index (χ3v) is 5.94. The zero-order valence-electron chi connectivity index (χ0n) is 17.1. The quantitative estimate of drug-likeness (QED) is 0.558. The maximum atomic E-state index is 12.6. The van der Waals surface area contributed by atoms with E-state index in [1.807, 2.05) is 25.1 Å². The minimum Gasteiger partial charge on any atom is -0.378 e. The van der Waals surface area contributed by atoms with Crippen LogP contribution in [0.15, 0.2) is 53.4 Å². The van der Waals surface area contributed by atoms with Crippen LogP contribution in [0.1, 0.15) is 24.2 Å². The largest absolute Gasteiger partial charge is 0.378 e. The van der Waals surface area contributed by atoms with Crippen LogP contribution in [0.4, 0.5) is 5.69 Å². The number of benzene rings is 2. The molecule has 0 aromatic heterocycles. The number of nitrogens with one attached hydrogen (secondary N) is 3. The van der Waals surface area contributed by atoms with Gasteiger partial charge in [-0.25, -0.2) is 8.42 Å². The summed E-state index contributed by atoms with van der Waals surface area (Å²) in [7, 11) is -0.301. The van der Waals surface area contributed by atoms with Gasteiger partial charge >= 0.3 is 0 Å². The van der Waals surface area contributed by atoms with Crippen molar-refractivity contribution in [3.8, 4) is 0 Å². The molecule has 30 heavy (non-hydrogen) atoms. The summed E-state index contributed by atoms with van der Waals surface area (Å²) in [6.45, 7) is 3.38. The number of nitrogens with zero attached hydrogens (tertiary/aromatic N) is 1. The summed E-state index contributed by atoms with van der Waals surface area (Å²) in [5, 5.41) is 0.260. The van der Waals surface area contributed by atoms with E-state index in [4.69, 9.17) is 11.6 Å². The standard InChI is InChI=1S/C20H25ClN4O4S/c1-13(2)18(24-30(28,29)17-10-6-8-15(21)12-17)20(27)23-22-19(26)14-7-5-9-16(11-14)25(3)4/h5-13,18,24H,1-4H3,(H,22,26)(H,23,27). The van der Waals surface area contributed by atoms with Crippen LogP contribution in [0.3, 0.4) is 0 Å². The fraction of sp³-hybridized carbons (Fsp3) is 0.300. The first-order chi connectivity index (χ1) is 14.0. The number of carbonyl (C=O) groups excluding carboxylic acids is 2. The Kier molecular flexibility index (Phi) is 7.83. The Morgan fingerprint density at radius 3 is 2.27 bits per heavy atom. The average Bonchev–Trinajstić information content (AvgIpc) is 2.69. The van der Waals surface area contributed by atoms with Gasteiger partial charge in [0.1, 0.15) is 6.04 Å². The molecule has 10 heteroatoms. The van der Waals surface area contributed by atoms with Crippen molar-refractivity contribution >= 4 is 39.1 Å². The van der Waals surface area contributed by atoms with Crippen LogP contribution in [-0.2, 0) is 14.8 Å². The molecule has 0 aliphatic carbocycles. The SMILES string of the molecule is CC(C)C(NS(=O)(=O)c1cccc(Cl)c1)C(=O)NNC(=O)c1cccc(N(C)C)c1. The van der Waals surface area contributed by atoms with Gasteiger partial charge in [0.05, 0.1) is 4.90 Å². The molecule has 162 valence electrons. The monoisotopic (exact) mass is 452 g/mol. The van der Waals surface area contributed by atoms with E-state index in [1.54, 1.807) is 38.1 Å². The van der Waals surface area contributed by atoms with E-state index >= 15 is 0 Å². The van der Waals surface area contributed by atoms with Crippen LogP contribution < -0.4 is 20.5 Å². The highest BCUT2D eigenvalue weighted by Crippen LogP contribution is 2.17. The normalized spacial score (nSPS) is 12.3. The molecule has 2 aromatic carbocycles. The van der Waals surface area contributed by atoms with Gasteiger partial charge in [-0.15, -0.1) is 0 Å². The van der Waals surface area contributed by atoms with Crippen molar-refractivity contribution < 1.29 is 18.0 Å². The Morgan fingerprint density at radius 2 is 1.67 bits per heavy atom. The van der Waals surface area contributed by atoms with E-state index in [0.29, 0.717) is 5.56 Å². The summed E-state index contributed by atoms with van der Waals surface area (Å²) in [6, 6.07) is 11.5. The van der Waals surface area contributed by atoms with E-state index in [9.17, 15) is 18.0 Å². The van der Waals surface area contributed by atoms with Crippen molar-refractivity contribution in [2.45, 2.75) is 24.8 Å². The molecular weight excluding hydrogens is 428 g/mol. The second kappa shape index (κ2) is 9.92.